The molecule has 0 aliphatic carbocycles. The number of phenols is 1. The fraction of sp³-hybridized carbons (Fsp3) is 0.304. The van der Waals surface area contributed by atoms with Gasteiger partial charge in [0.05, 0.1) is 11.9 Å². The van der Waals surface area contributed by atoms with Crippen LogP contribution < -0.4 is 0 Å². The number of hydrogen-bond donors (Lipinski definition) is 1. The first-order valence-electron chi connectivity index (χ1n) is 9.85. The Morgan fingerprint density at radius 3 is 2.46 bits per heavy atom. The van der Waals surface area contributed by atoms with Crippen molar-refractivity contribution in [2.24, 2.45) is 0 Å². The lowest BCUT2D eigenvalue weighted by molar-refractivity contribution is -0.132. The monoisotopic (exact) mass is 375 g/mol. The second kappa shape index (κ2) is 8.30. The second-order valence-electron chi connectivity index (χ2n) is 7.38. The molecule has 1 aliphatic rings. The molecule has 0 atom stereocenters. The highest BCUT2D eigenvalue weighted by Gasteiger charge is 2.23. The van der Waals surface area contributed by atoms with Crippen molar-refractivity contribution in [3.05, 3.63) is 78.1 Å². The van der Waals surface area contributed by atoms with Gasteiger partial charge in [0, 0.05) is 25.7 Å². The van der Waals surface area contributed by atoms with Crippen molar-refractivity contribution >= 4 is 5.91 Å². The van der Waals surface area contributed by atoms with Crippen LogP contribution in [0.4, 0.5) is 0 Å². The highest BCUT2D eigenvalue weighted by Crippen LogP contribution is 2.29. The SMILES string of the molecule is O=C(CCc1cnn(-c2ccccc2)c1)N1CCC(c2ccc(O)cc2)CC1. The number of piperidine rings is 1. The summed E-state index contributed by atoms with van der Waals surface area (Å²) in [5.41, 5.74) is 3.35. The van der Waals surface area contributed by atoms with Crippen molar-refractivity contribution in [2.45, 2.75) is 31.6 Å². The van der Waals surface area contributed by atoms with Crippen LogP contribution >= 0.6 is 0 Å². The van der Waals surface area contributed by atoms with Crippen LogP contribution in [-0.4, -0.2) is 38.8 Å². The minimum Gasteiger partial charge on any atom is -0.508 e. The van der Waals surface area contributed by atoms with Crippen LogP contribution in [0.5, 0.6) is 5.75 Å². The highest BCUT2D eigenvalue weighted by molar-refractivity contribution is 5.76. The average Bonchev–Trinajstić information content (AvgIpc) is 3.22. The van der Waals surface area contributed by atoms with Gasteiger partial charge in [-0.05, 0) is 60.6 Å². The van der Waals surface area contributed by atoms with Crippen molar-refractivity contribution in [1.29, 1.82) is 0 Å². The molecule has 0 unspecified atom stereocenters. The second-order valence-corrected chi connectivity index (χ2v) is 7.38. The predicted octanol–water partition coefficient (Wildman–Crippen LogP) is 3.92. The van der Waals surface area contributed by atoms with Crippen LogP contribution in [0.15, 0.2) is 67.0 Å². The number of aromatic nitrogens is 2. The fourth-order valence-electron chi connectivity index (χ4n) is 3.83. The number of carbonyl (C=O) groups excluding carboxylic acids is 1. The Morgan fingerprint density at radius 2 is 1.75 bits per heavy atom. The summed E-state index contributed by atoms with van der Waals surface area (Å²) in [5, 5.41) is 13.8. The van der Waals surface area contributed by atoms with Crippen molar-refractivity contribution in [1.82, 2.24) is 14.7 Å². The Bertz CT molecular complexity index is 911. The third kappa shape index (κ3) is 4.25. The van der Waals surface area contributed by atoms with Crippen LogP contribution in [0.2, 0.25) is 0 Å². The Balaban J connectivity index is 1.27. The van der Waals surface area contributed by atoms with Crippen LogP contribution in [0.1, 0.15) is 36.3 Å². The molecule has 1 aromatic heterocycles. The Morgan fingerprint density at radius 1 is 1.04 bits per heavy atom. The number of benzene rings is 2. The summed E-state index contributed by atoms with van der Waals surface area (Å²) in [4.78, 5) is 14.6. The van der Waals surface area contributed by atoms with E-state index in [0.29, 0.717) is 24.5 Å². The summed E-state index contributed by atoms with van der Waals surface area (Å²) >= 11 is 0. The van der Waals surface area contributed by atoms with Crippen LogP contribution in [0, 0.1) is 0 Å². The minimum absolute atomic E-state index is 0.219. The number of para-hydroxylation sites is 1. The molecule has 4 rings (SSSR count). The van der Waals surface area contributed by atoms with Gasteiger partial charge in [0.2, 0.25) is 5.91 Å². The molecule has 5 nitrogen and oxygen atoms in total. The molecule has 1 N–H and O–H groups in total. The molecule has 1 saturated heterocycles. The van der Waals surface area contributed by atoms with E-state index < -0.39 is 0 Å². The smallest absolute Gasteiger partial charge is 0.222 e. The number of aryl methyl sites for hydroxylation is 1. The lowest BCUT2D eigenvalue weighted by Crippen LogP contribution is -2.38. The van der Waals surface area contributed by atoms with Gasteiger partial charge in [-0.25, -0.2) is 4.68 Å². The molecule has 2 heterocycles. The number of carbonyl (C=O) groups is 1. The lowest BCUT2D eigenvalue weighted by Gasteiger charge is -2.32. The first kappa shape index (κ1) is 18.3. The third-order valence-electron chi connectivity index (χ3n) is 5.50. The van der Waals surface area contributed by atoms with Gasteiger partial charge in [0.25, 0.3) is 0 Å². The zero-order chi connectivity index (χ0) is 19.3. The van der Waals surface area contributed by atoms with Crippen LogP contribution in [0.25, 0.3) is 5.69 Å². The molecule has 2 aromatic carbocycles. The molecule has 0 spiro atoms. The minimum atomic E-state index is 0.219. The molecule has 1 fully saturated rings. The molecule has 0 saturated carbocycles. The van der Waals surface area contributed by atoms with Gasteiger partial charge >= 0.3 is 0 Å². The van der Waals surface area contributed by atoms with Gasteiger partial charge in [-0.2, -0.15) is 5.10 Å². The number of hydrogen-bond acceptors (Lipinski definition) is 3. The molecule has 3 aromatic rings. The van der Waals surface area contributed by atoms with Crippen molar-refractivity contribution in [3.63, 3.8) is 0 Å². The molecular weight excluding hydrogens is 350 g/mol. The first-order chi connectivity index (χ1) is 13.7. The van der Waals surface area contributed by atoms with Crippen molar-refractivity contribution in [2.75, 3.05) is 13.1 Å². The highest BCUT2D eigenvalue weighted by atomic mass is 16.3. The quantitative estimate of drug-likeness (QED) is 0.735. The summed E-state index contributed by atoms with van der Waals surface area (Å²) < 4.78 is 1.85. The maximum absolute atomic E-state index is 12.6. The van der Waals surface area contributed by atoms with Crippen molar-refractivity contribution < 1.29 is 9.90 Å². The Labute approximate surface area is 165 Å². The number of nitrogens with zero attached hydrogens (tertiary/aromatic N) is 3. The molecule has 144 valence electrons. The molecule has 28 heavy (non-hydrogen) atoms. The standard InChI is InChI=1S/C23H25N3O2/c27-22-9-7-19(8-10-22)20-12-14-25(15-13-20)23(28)11-6-18-16-24-26(17-18)21-4-2-1-3-5-21/h1-5,7-10,16-17,20,27H,6,11-15H2. The van der Waals surface area contributed by atoms with E-state index in [1.165, 1.54) is 5.56 Å². The van der Waals surface area contributed by atoms with Crippen LogP contribution in [0.3, 0.4) is 0 Å². The zero-order valence-corrected chi connectivity index (χ0v) is 15.9. The molecule has 1 amide bonds. The summed E-state index contributed by atoms with van der Waals surface area (Å²) in [5.74, 6) is 0.984. The molecule has 1 aliphatic heterocycles. The fourth-order valence-corrected chi connectivity index (χ4v) is 3.83. The summed E-state index contributed by atoms with van der Waals surface area (Å²) in [7, 11) is 0. The number of likely N-dealkylation sites (tertiary alicyclic amines) is 1. The summed E-state index contributed by atoms with van der Waals surface area (Å²) in [6.07, 6.45) is 7.02. The largest absolute Gasteiger partial charge is 0.508 e. The Kier molecular flexibility index (Phi) is 5.42. The molecule has 5 heteroatoms. The van der Waals surface area contributed by atoms with Gasteiger partial charge in [-0.3, -0.25) is 4.79 Å². The van der Waals surface area contributed by atoms with Gasteiger partial charge in [0.15, 0.2) is 0 Å². The van der Waals surface area contributed by atoms with E-state index in [9.17, 15) is 9.90 Å². The molecular formula is C23H25N3O2. The summed E-state index contributed by atoms with van der Waals surface area (Å²) in [6, 6.07) is 17.4. The third-order valence-corrected chi connectivity index (χ3v) is 5.50. The van der Waals surface area contributed by atoms with Gasteiger partial charge in [-0.1, -0.05) is 30.3 Å². The van der Waals surface area contributed by atoms with Gasteiger partial charge < -0.3 is 10.0 Å². The maximum Gasteiger partial charge on any atom is 0.222 e. The van der Waals surface area contributed by atoms with Gasteiger partial charge in [0.1, 0.15) is 5.75 Å². The topological polar surface area (TPSA) is 58.4 Å². The number of amides is 1. The van der Waals surface area contributed by atoms with E-state index in [-0.39, 0.29) is 5.91 Å². The van der Waals surface area contributed by atoms with E-state index in [0.717, 1.165) is 37.2 Å². The normalized spacial score (nSPS) is 14.9. The Hall–Kier alpha value is -3.08. The van der Waals surface area contributed by atoms with E-state index >= 15 is 0 Å². The van der Waals surface area contributed by atoms with Crippen molar-refractivity contribution in [3.8, 4) is 11.4 Å². The zero-order valence-electron chi connectivity index (χ0n) is 15.9. The van der Waals surface area contributed by atoms with E-state index in [4.69, 9.17) is 0 Å². The molecule has 0 radical (unpaired) electrons. The lowest BCUT2D eigenvalue weighted by atomic mass is 9.89. The number of aromatic hydroxyl groups is 1. The number of phenolic OH excluding ortho intramolecular Hbond substituents is 1. The molecule has 0 bridgehead atoms. The number of rotatable bonds is 5. The predicted molar refractivity (Wildman–Crippen MR) is 109 cm³/mol. The van der Waals surface area contributed by atoms with E-state index in [2.05, 4.69) is 5.10 Å². The van der Waals surface area contributed by atoms with E-state index in [1.54, 1.807) is 12.1 Å². The van der Waals surface area contributed by atoms with Crippen LogP contribution in [-0.2, 0) is 11.2 Å². The first-order valence-corrected chi connectivity index (χ1v) is 9.85. The van der Waals surface area contributed by atoms with Gasteiger partial charge in [-0.15, -0.1) is 0 Å². The summed E-state index contributed by atoms with van der Waals surface area (Å²) in [6.45, 7) is 1.60. The average molecular weight is 375 g/mol. The van der Waals surface area contributed by atoms with E-state index in [1.807, 2.05) is 64.4 Å². The maximum atomic E-state index is 12.6.